The van der Waals surface area contributed by atoms with Crippen molar-refractivity contribution < 1.29 is 28.4 Å². The highest BCUT2D eigenvalue weighted by molar-refractivity contribution is 6.09. The van der Waals surface area contributed by atoms with E-state index in [4.69, 9.17) is 9.97 Å². The topological polar surface area (TPSA) is 182 Å². The number of anilines is 4. The number of nitrogens with one attached hydrogen (secondary N) is 2. The Labute approximate surface area is 449 Å². The Kier molecular flexibility index (Phi) is 13.8. The molecule has 1 spiro atoms. The van der Waals surface area contributed by atoms with Crippen LogP contribution in [-0.2, 0) is 29.4 Å². The number of rotatable bonds is 11. The molecule has 0 bridgehead atoms. The van der Waals surface area contributed by atoms with Crippen molar-refractivity contribution >= 4 is 63.6 Å². The summed E-state index contributed by atoms with van der Waals surface area (Å²) >= 11 is 0. The van der Waals surface area contributed by atoms with Gasteiger partial charge in [-0.2, -0.15) is 0 Å². The number of hydrogen-bond acceptors (Lipinski definition) is 12. The number of benzene rings is 1. The van der Waals surface area contributed by atoms with Crippen LogP contribution < -0.4 is 20.4 Å². The van der Waals surface area contributed by atoms with Gasteiger partial charge in [0, 0.05) is 99.3 Å². The second kappa shape index (κ2) is 20.9. The molecule has 6 fully saturated rings. The van der Waals surface area contributed by atoms with Gasteiger partial charge in [-0.25, -0.2) is 19.3 Å². The van der Waals surface area contributed by atoms with Crippen molar-refractivity contribution in [2.24, 2.45) is 11.8 Å². The molecule has 77 heavy (non-hydrogen) atoms. The summed E-state index contributed by atoms with van der Waals surface area (Å²) in [4.78, 5) is 97.1. The minimum Gasteiger partial charge on any atom is -0.357 e. The van der Waals surface area contributed by atoms with Crippen LogP contribution in [0.2, 0.25) is 0 Å². The maximum Gasteiger partial charge on any atom is 0.238 e. The maximum absolute atomic E-state index is 15.3. The van der Waals surface area contributed by atoms with Gasteiger partial charge in [-0.15, -0.1) is 0 Å². The third kappa shape index (κ3) is 9.51. The highest BCUT2D eigenvalue weighted by Crippen LogP contribution is 2.52. The molecule has 1 aromatic carbocycles. The van der Waals surface area contributed by atoms with Gasteiger partial charge in [-0.1, -0.05) is 24.6 Å². The molecule has 9 heterocycles. The van der Waals surface area contributed by atoms with Gasteiger partial charge in [-0.3, -0.25) is 34.3 Å². The van der Waals surface area contributed by atoms with Crippen molar-refractivity contribution in [3.63, 3.8) is 0 Å². The van der Waals surface area contributed by atoms with Crippen LogP contribution in [0.5, 0.6) is 0 Å². The Morgan fingerprint density at radius 1 is 0.805 bits per heavy atom. The van der Waals surface area contributed by atoms with Crippen LogP contribution in [0.1, 0.15) is 133 Å². The minimum atomic E-state index is -0.748. The minimum absolute atomic E-state index is 0.0429. The van der Waals surface area contributed by atoms with E-state index in [1.807, 2.05) is 39.6 Å². The van der Waals surface area contributed by atoms with Crippen LogP contribution in [0.15, 0.2) is 67.4 Å². The molecule has 12 rings (SSSR count). The van der Waals surface area contributed by atoms with Crippen molar-refractivity contribution in [3.8, 4) is 11.3 Å². The summed E-state index contributed by atoms with van der Waals surface area (Å²) in [6.07, 6.45) is 18.3. The van der Waals surface area contributed by atoms with Gasteiger partial charge in [0.15, 0.2) is 11.6 Å². The van der Waals surface area contributed by atoms with Gasteiger partial charge in [0.2, 0.25) is 29.5 Å². The quantitative estimate of drug-likeness (QED) is 0.122. The molecule has 2 N–H and O–H groups in total. The van der Waals surface area contributed by atoms with E-state index in [1.54, 1.807) is 24.8 Å². The highest BCUT2D eigenvalue weighted by atomic mass is 19.1. The lowest BCUT2D eigenvalue weighted by Crippen LogP contribution is -2.58. The summed E-state index contributed by atoms with van der Waals surface area (Å²) in [6.45, 7) is 8.50. The molecule has 2 saturated carbocycles. The molecule has 4 saturated heterocycles. The summed E-state index contributed by atoms with van der Waals surface area (Å²) in [5.74, 6) is 0.199. The molecule has 4 aromatic heterocycles. The van der Waals surface area contributed by atoms with Crippen LogP contribution in [-0.4, -0.2) is 133 Å². The fourth-order valence-electron chi connectivity index (χ4n) is 13.9. The number of carbonyl (C=O) groups is 5. The number of imide groups is 1. The largest absolute Gasteiger partial charge is 0.357 e. The summed E-state index contributed by atoms with van der Waals surface area (Å²) in [5, 5.41) is 5.68. The number of pyridine rings is 3. The first-order valence-electron chi connectivity index (χ1n) is 28.4. The predicted octanol–water partition coefficient (Wildman–Crippen LogP) is 8.03. The lowest BCUT2D eigenvalue weighted by atomic mass is 9.73. The number of halogens is 1. The summed E-state index contributed by atoms with van der Waals surface area (Å²) in [5.41, 5.74) is 5.26. The van der Waals surface area contributed by atoms with E-state index in [0.717, 1.165) is 90.8 Å². The highest BCUT2D eigenvalue weighted by Gasteiger charge is 2.56. The molecule has 0 radical (unpaired) electrons. The zero-order valence-electron chi connectivity index (χ0n) is 44.6. The Bertz CT molecular complexity index is 3070. The van der Waals surface area contributed by atoms with Crippen LogP contribution in [0.4, 0.5) is 27.4 Å². The number of likely N-dealkylation sites (tertiary alicyclic amines) is 3. The molecule has 5 aliphatic heterocycles. The van der Waals surface area contributed by atoms with E-state index in [9.17, 15) is 19.2 Å². The number of hydrogen-bond donors (Lipinski definition) is 2. The molecule has 5 aromatic rings. The monoisotopic (exact) mass is 1050 g/mol. The standard InChI is InChI=1S/C59H71FN12O5/c1-36(2)71-35-63-49-32-48(65-54(53(49)71)64-47-17-22-61-34-46(47)60)39-9-14-45-50(29-39)72(43-30-42(31-43)68-23-5-4-6-24-68)58(77)59(45)20-27-70(28-21-59)57(76)38-18-25-69(26-19-38)56(75)37-7-11-41(12-8-37)67(3)51-15-10-40(33-62-51)44-13-16-52(73)66-55(44)74/h9-10,14-15,17,22,29,32-38,41-44H,4-8,11-13,16,18-21,23-28,30-31H2,1-3H3,(H,61,64,65)(H,66,73,74)/t37?,41?,42?,43?,44-/m1/s1. The fourth-order valence-corrected chi connectivity index (χ4v) is 13.9. The molecule has 7 aliphatic rings. The second-order valence-electron chi connectivity index (χ2n) is 23.3. The summed E-state index contributed by atoms with van der Waals surface area (Å²) < 4.78 is 17.1. The number of fused-ring (bicyclic) bond motifs is 3. The van der Waals surface area contributed by atoms with E-state index in [1.165, 1.54) is 25.5 Å². The number of piperidine rings is 4. The number of aromatic nitrogens is 5. The molecular formula is C59H71FN12O5. The van der Waals surface area contributed by atoms with Gasteiger partial charge in [0.25, 0.3) is 0 Å². The van der Waals surface area contributed by atoms with Crippen molar-refractivity contribution in [1.82, 2.24) is 44.5 Å². The van der Waals surface area contributed by atoms with Gasteiger partial charge in [-0.05, 0) is 146 Å². The molecule has 5 amide bonds. The first-order valence-corrected chi connectivity index (χ1v) is 28.4. The van der Waals surface area contributed by atoms with Crippen LogP contribution in [0.25, 0.3) is 22.3 Å². The van der Waals surface area contributed by atoms with E-state index in [2.05, 4.69) is 67.3 Å². The normalized spacial score (nSPS) is 25.0. The molecule has 17 nitrogen and oxygen atoms in total. The van der Waals surface area contributed by atoms with Crippen molar-refractivity contribution in [3.05, 3.63) is 84.3 Å². The van der Waals surface area contributed by atoms with E-state index >= 15 is 9.18 Å². The smallest absolute Gasteiger partial charge is 0.238 e. The van der Waals surface area contributed by atoms with E-state index < -0.39 is 11.2 Å². The van der Waals surface area contributed by atoms with Crippen molar-refractivity contribution in [1.29, 1.82) is 0 Å². The number of nitrogens with zero attached hydrogens (tertiary/aromatic N) is 10. The third-order valence-electron chi connectivity index (χ3n) is 18.6. The van der Waals surface area contributed by atoms with Gasteiger partial charge >= 0.3 is 0 Å². The maximum atomic E-state index is 15.3. The summed E-state index contributed by atoms with van der Waals surface area (Å²) in [7, 11) is 2.04. The van der Waals surface area contributed by atoms with Crippen LogP contribution >= 0.6 is 0 Å². The Morgan fingerprint density at radius 2 is 1.53 bits per heavy atom. The first kappa shape index (κ1) is 51.0. The van der Waals surface area contributed by atoms with Crippen molar-refractivity contribution in [2.75, 3.05) is 61.4 Å². The lowest BCUT2D eigenvalue weighted by Gasteiger charge is -2.48. The fraction of sp³-hybridized carbons (Fsp3) is 0.542. The summed E-state index contributed by atoms with van der Waals surface area (Å²) in [6, 6.07) is 14.6. The average Bonchev–Trinajstić information content (AvgIpc) is 4.20. The number of amides is 5. The predicted molar refractivity (Wildman–Crippen MR) is 291 cm³/mol. The molecular weight excluding hydrogens is 976 g/mol. The van der Waals surface area contributed by atoms with Gasteiger partial charge < -0.3 is 34.4 Å². The number of imidazole rings is 1. The van der Waals surface area contributed by atoms with Gasteiger partial charge in [0.1, 0.15) is 11.3 Å². The third-order valence-corrected chi connectivity index (χ3v) is 18.6. The average molecular weight is 1050 g/mol. The molecule has 404 valence electrons. The molecule has 2 aliphatic carbocycles. The lowest BCUT2D eigenvalue weighted by molar-refractivity contribution is -0.144. The Balaban J connectivity index is 0.701. The van der Waals surface area contributed by atoms with Crippen LogP contribution in [0.3, 0.4) is 0 Å². The first-order chi connectivity index (χ1) is 37.3. The Morgan fingerprint density at radius 3 is 2.22 bits per heavy atom. The zero-order chi connectivity index (χ0) is 53.1. The molecule has 0 unspecified atom stereocenters. The SMILES string of the molecule is CC(C)n1cnc2cc(-c3ccc4c(c3)N(C3CC(N5CCCCC5)C3)C(=O)C43CCN(C(=O)C4CCN(C(=O)C5CCC(N(C)c6ccc([C@H]7CCC(=O)NC7=O)cn6)CC5)CC4)CC3)nc(Nc3ccncc3F)c21. The van der Waals surface area contributed by atoms with Crippen molar-refractivity contribution in [2.45, 2.75) is 146 Å². The zero-order valence-corrected chi connectivity index (χ0v) is 44.6. The van der Waals surface area contributed by atoms with Gasteiger partial charge in [0.05, 0.1) is 40.8 Å². The van der Waals surface area contributed by atoms with E-state index in [0.29, 0.717) is 82.3 Å². The van der Waals surface area contributed by atoms with Crippen LogP contribution in [0, 0.1) is 17.7 Å². The Hall–Kier alpha value is -6.82. The second-order valence-corrected chi connectivity index (χ2v) is 23.3. The molecule has 18 heteroatoms. The molecule has 1 atom stereocenters. The number of carbonyl (C=O) groups excluding carboxylic acids is 5. The van der Waals surface area contributed by atoms with E-state index in [-0.39, 0.29) is 71.1 Å².